The monoisotopic (exact) mass is 235 g/mol. The van der Waals surface area contributed by atoms with Crippen molar-refractivity contribution in [2.75, 3.05) is 20.2 Å². The molecule has 94 valence electrons. The summed E-state index contributed by atoms with van der Waals surface area (Å²) in [5, 5.41) is 2.99. The van der Waals surface area contributed by atoms with Crippen LogP contribution in [0.5, 0.6) is 5.75 Å². The number of ether oxygens (including phenoxy) is 1. The molecule has 0 radical (unpaired) electrons. The lowest BCUT2D eigenvalue weighted by Gasteiger charge is -2.11. The van der Waals surface area contributed by atoms with Gasteiger partial charge in [-0.2, -0.15) is 0 Å². The van der Waals surface area contributed by atoms with Crippen LogP contribution in [0.2, 0.25) is 0 Å². The molecule has 0 saturated heterocycles. The molecule has 0 spiro atoms. The van der Waals surface area contributed by atoms with E-state index in [4.69, 9.17) is 4.74 Å². The second kappa shape index (κ2) is 6.40. The Kier molecular flexibility index (Phi) is 5.16. The highest BCUT2D eigenvalue weighted by Crippen LogP contribution is 2.23. The van der Waals surface area contributed by atoms with Crippen molar-refractivity contribution >= 4 is 5.78 Å². The summed E-state index contributed by atoms with van der Waals surface area (Å²) in [5.74, 6) is 1.05. The zero-order valence-electron chi connectivity index (χ0n) is 11.1. The first-order valence-corrected chi connectivity index (χ1v) is 6.02. The predicted molar refractivity (Wildman–Crippen MR) is 70.0 cm³/mol. The van der Waals surface area contributed by atoms with E-state index in [2.05, 4.69) is 5.32 Å². The van der Waals surface area contributed by atoms with Gasteiger partial charge in [-0.1, -0.05) is 0 Å². The maximum absolute atomic E-state index is 12.0. The van der Waals surface area contributed by atoms with E-state index in [-0.39, 0.29) is 5.78 Å². The van der Waals surface area contributed by atoms with Gasteiger partial charge in [-0.25, -0.2) is 0 Å². The summed E-state index contributed by atoms with van der Waals surface area (Å²) in [5.41, 5.74) is 2.81. The van der Waals surface area contributed by atoms with Crippen molar-refractivity contribution in [1.82, 2.24) is 5.32 Å². The summed E-state index contributed by atoms with van der Waals surface area (Å²) in [6, 6.07) is 3.88. The second-order valence-electron chi connectivity index (χ2n) is 4.14. The summed E-state index contributed by atoms with van der Waals surface area (Å²) in [6.45, 7) is 7.24. The topological polar surface area (TPSA) is 38.3 Å². The SMILES string of the molecule is CCOc1cc(C)c(C(=O)CCNC)cc1C. The molecule has 1 N–H and O–H groups in total. The number of nitrogens with one attached hydrogen (secondary N) is 1. The standard InChI is InChI=1S/C14H21NO2/c1-5-17-14-9-10(2)12(8-11(14)3)13(16)6-7-15-4/h8-9,15H,5-7H2,1-4H3. The van der Waals surface area contributed by atoms with E-state index in [1.165, 1.54) is 0 Å². The summed E-state index contributed by atoms with van der Waals surface area (Å²) in [4.78, 5) is 12.0. The minimum absolute atomic E-state index is 0.183. The molecule has 1 aromatic rings. The zero-order valence-corrected chi connectivity index (χ0v) is 11.1. The van der Waals surface area contributed by atoms with Crippen molar-refractivity contribution in [2.24, 2.45) is 0 Å². The number of ketones is 1. The highest BCUT2D eigenvalue weighted by Gasteiger charge is 2.11. The van der Waals surface area contributed by atoms with E-state index in [1.54, 1.807) is 0 Å². The van der Waals surface area contributed by atoms with Gasteiger partial charge in [-0.15, -0.1) is 0 Å². The highest BCUT2D eigenvalue weighted by atomic mass is 16.5. The molecule has 0 unspecified atom stereocenters. The Bertz CT molecular complexity index is 399. The van der Waals surface area contributed by atoms with Crippen LogP contribution in [0.4, 0.5) is 0 Å². The van der Waals surface area contributed by atoms with Crippen molar-refractivity contribution in [3.05, 3.63) is 28.8 Å². The average molecular weight is 235 g/mol. The molecule has 1 rings (SSSR count). The van der Waals surface area contributed by atoms with Crippen LogP contribution in [-0.4, -0.2) is 26.0 Å². The van der Waals surface area contributed by atoms with Gasteiger partial charge < -0.3 is 10.1 Å². The van der Waals surface area contributed by atoms with E-state index in [0.717, 1.165) is 22.4 Å². The Morgan fingerprint density at radius 2 is 2.00 bits per heavy atom. The molecule has 0 aliphatic carbocycles. The van der Waals surface area contributed by atoms with Gasteiger partial charge >= 0.3 is 0 Å². The molecule has 1 aromatic carbocycles. The molecule has 0 aliphatic heterocycles. The van der Waals surface area contributed by atoms with E-state index in [9.17, 15) is 4.79 Å². The normalized spacial score (nSPS) is 10.4. The number of Topliss-reactive ketones (excluding diaryl/α,β-unsaturated/α-hetero) is 1. The lowest BCUT2D eigenvalue weighted by atomic mass is 9.99. The third-order valence-corrected chi connectivity index (χ3v) is 2.72. The highest BCUT2D eigenvalue weighted by molar-refractivity contribution is 5.98. The third kappa shape index (κ3) is 3.56. The molecule has 3 nitrogen and oxygen atoms in total. The van der Waals surface area contributed by atoms with Gasteiger partial charge in [-0.05, 0) is 51.1 Å². The summed E-state index contributed by atoms with van der Waals surface area (Å²) in [7, 11) is 1.85. The Hall–Kier alpha value is -1.35. The van der Waals surface area contributed by atoms with Crippen molar-refractivity contribution in [2.45, 2.75) is 27.2 Å². The molecule has 17 heavy (non-hydrogen) atoms. The fourth-order valence-electron chi connectivity index (χ4n) is 1.77. The van der Waals surface area contributed by atoms with Crippen LogP contribution in [0, 0.1) is 13.8 Å². The van der Waals surface area contributed by atoms with Crippen LogP contribution in [0.3, 0.4) is 0 Å². The van der Waals surface area contributed by atoms with Crippen LogP contribution in [-0.2, 0) is 0 Å². The van der Waals surface area contributed by atoms with Crippen LogP contribution < -0.4 is 10.1 Å². The molecule has 0 amide bonds. The Morgan fingerprint density at radius 3 is 2.59 bits per heavy atom. The smallest absolute Gasteiger partial charge is 0.164 e. The molecular formula is C14H21NO2. The largest absolute Gasteiger partial charge is 0.494 e. The second-order valence-corrected chi connectivity index (χ2v) is 4.14. The molecular weight excluding hydrogens is 214 g/mol. The van der Waals surface area contributed by atoms with E-state index >= 15 is 0 Å². The first-order chi connectivity index (χ1) is 8.10. The first kappa shape index (κ1) is 13.7. The Morgan fingerprint density at radius 1 is 1.29 bits per heavy atom. The number of hydrogen-bond acceptors (Lipinski definition) is 3. The molecule has 0 aromatic heterocycles. The van der Waals surface area contributed by atoms with Crippen LogP contribution >= 0.6 is 0 Å². The van der Waals surface area contributed by atoms with Gasteiger partial charge in [0.2, 0.25) is 0 Å². The quantitative estimate of drug-likeness (QED) is 0.770. The lowest BCUT2D eigenvalue weighted by molar-refractivity contribution is 0.0982. The predicted octanol–water partition coefficient (Wildman–Crippen LogP) is 2.49. The fourth-order valence-corrected chi connectivity index (χ4v) is 1.77. The Balaban J connectivity index is 2.94. The number of carbonyl (C=O) groups is 1. The number of aryl methyl sites for hydroxylation is 2. The van der Waals surface area contributed by atoms with Gasteiger partial charge in [0.1, 0.15) is 5.75 Å². The lowest BCUT2D eigenvalue weighted by Crippen LogP contribution is -2.14. The molecule has 0 atom stereocenters. The average Bonchev–Trinajstić information content (AvgIpc) is 2.30. The maximum Gasteiger partial charge on any atom is 0.164 e. The Labute approximate surface area is 103 Å². The number of rotatable bonds is 6. The first-order valence-electron chi connectivity index (χ1n) is 6.02. The van der Waals surface area contributed by atoms with Crippen molar-refractivity contribution in [3.8, 4) is 5.75 Å². The van der Waals surface area contributed by atoms with E-state index in [0.29, 0.717) is 19.6 Å². The summed E-state index contributed by atoms with van der Waals surface area (Å²) in [6.07, 6.45) is 0.533. The number of carbonyl (C=O) groups excluding carboxylic acids is 1. The van der Waals surface area contributed by atoms with Gasteiger partial charge in [0, 0.05) is 18.5 Å². The molecule has 3 heteroatoms. The maximum atomic E-state index is 12.0. The number of benzene rings is 1. The van der Waals surface area contributed by atoms with Crippen LogP contribution in [0.1, 0.15) is 34.8 Å². The van der Waals surface area contributed by atoms with Gasteiger partial charge in [0.15, 0.2) is 5.78 Å². The zero-order chi connectivity index (χ0) is 12.8. The van der Waals surface area contributed by atoms with Crippen molar-refractivity contribution in [1.29, 1.82) is 0 Å². The molecule has 0 heterocycles. The van der Waals surface area contributed by atoms with Crippen LogP contribution in [0.15, 0.2) is 12.1 Å². The van der Waals surface area contributed by atoms with E-state index in [1.807, 2.05) is 40.0 Å². The fraction of sp³-hybridized carbons (Fsp3) is 0.500. The minimum atomic E-state index is 0.183. The number of hydrogen-bond donors (Lipinski definition) is 1. The summed E-state index contributed by atoms with van der Waals surface area (Å²) >= 11 is 0. The molecule has 0 aliphatic rings. The molecule has 0 fully saturated rings. The third-order valence-electron chi connectivity index (χ3n) is 2.72. The van der Waals surface area contributed by atoms with Crippen molar-refractivity contribution in [3.63, 3.8) is 0 Å². The van der Waals surface area contributed by atoms with Crippen LogP contribution in [0.25, 0.3) is 0 Å². The molecule has 0 saturated carbocycles. The van der Waals surface area contributed by atoms with Gasteiger partial charge in [0.25, 0.3) is 0 Å². The minimum Gasteiger partial charge on any atom is -0.494 e. The summed E-state index contributed by atoms with van der Waals surface area (Å²) < 4.78 is 5.51. The van der Waals surface area contributed by atoms with E-state index < -0.39 is 0 Å². The van der Waals surface area contributed by atoms with Crippen molar-refractivity contribution < 1.29 is 9.53 Å². The van der Waals surface area contributed by atoms with Gasteiger partial charge in [-0.3, -0.25) is 4.79 Å². The van der Waals surface area contributed by atoms with Gasteiger partial charge in [0.05, 0.1) is 6.61 Å². The molecule has 0 bridgehead atoms.